The first-order valence-electron chi connectivity index (χ1n) is 4.88. The Morgan fingerprint density at radius 2 is 2.25 bits per heavy atom. The van der Waals surface area contributed by atoms with Gasteiger partial charge in [0.15, 0.2) is 0 Å². The van der Waals surface area contributed by atoms with Gasteiger partial charge in [-0.2, -0.15) is 0 Å². The quantitative estimate of drug-likeness (QED) is 0.572. The van der Waals surface area contributed by atoms with Gasteiger partial charge in [-0.3, -0.25) is 9.69 Å². The maximum atomic E-state index is 11.5. The molecule has 2 rings (SSSR count). The van der Waals surface area contributed by atoms with E-state index in [-0.39, 0.29) is 12.5 Å². The van der Waals surface area contributed by atoms with E-state index in [9.17, 15) is 4.79 Å². The fourth-order valence-corrected chi connectivity index (χ4v) is 1.47. The fourth-order valence-electron chi connectivity index (χ4n) is 1.47. The van der Waals surface area contributed by atoms with E-state index in [4.69, 9.17) is 14.8 Å². The van der Waals surface area contributed by atoms with Crippen molar-refractivity contribution in [3.05, 3.63) is 18.3 Å². The van der Waals surface area contributed by atoms with Crippen molar-refractivity contribution in [1.29, 1.82) is 0 Å². The molecule has 1 aliphatic rings. The summed E-state index contributed by atoms with van der Waals surface area (Å²) in [6.07, 6.45) is 1.34. The molecule has 0 spiro atoms. The number of amides is 1. The summed E-state index contributed by atoms with van der Waals surface area (Å²) in [5, 5.41) is 17.8. The van der Waals surface area contributed by atoms with Crippen LogP contribution in [0.1, 0.15) is 0 Å². The topological polar surface area (TPSA) is 82.9 Å². The first-order valence-corrected chi connectivity index (χ1v) is 4.88. The minimum Gasteiger partial charge on any atom is -0.423 e. The third kappa shape index (κ3) is 2.21. The second-order valence-electron chi connectivity index (χ2n) is 3.42. The molecule has 1 aliphatic heterocycles. The Balaban J connectivity index is 2.17. The van der Waals surface area contributed by atoms with Crippen molar-refractivity contribution in [2.45, 2.75) is 0 Å². The summed E-state index contributed by atoms with van der Waals surface area (Å²) in [5.41, 5.74) is 0.296. The van der Waals surface area contributed by atoms with Crippen molar-refractivity contribution in [2.24, 2.45) is 0 Å². The molecule has 0 atom stereocenters. The van der Waals surface area contributed by atoms with Crippen LogP contribution in [0.2, 0.25) is 0 Å². The number of hydrogen-bond donors (Lipinski definition) is 2. The Bertz CT molecular complexity index is 382. The average molecular weight is 222 g/mol. The molecule has 1 fully saturated rings. The second kappa shape index (κ2) is 4.61. The highest BCUT2D eigenvalue weighted by Crippen LogP contribution is 2.11. The van der Waals surface area contributed by atoms with Crippen LogP contribution in [0.5, 0.6) is 0 Å². The van der Waals surface area contributed by atoms with Crippen molar-refractivity contribution < 1.29 is 19.6 Å². The van der Waals surface area contributed by atoms with Crippen molar-refractivity contribution >= 4 is 24.3 Å². The van der Waals surface area contributed by atoms with Crippen molar-refractivity contribution in [1.82, 2.24) is 4.98 Å². The van der Waals surface area contributed by atoms with Crippen molar-refractivity contribution in [3.8, 4) is 0 Å². The van der Waals surface area contributed by atoms with Gasteiger partial charge in [-0.1, -0.05) is 6.07 Å². The van der Waals surface area contributed by atoms with Gasteiger partial charge >= 0.3 is 7.12 Å². The van der Waals surface area contributed by atoms with Crippen LogP contribution < -0.4 is 10.4 Å². The van der Waals surface area contributed by atoms with Gasteiger partial charge in [0.2, 0.25) is 0 Å². The van der Waals surface area contributed by atoms with E-state index in [2.05, 4.69) is 4.98 Å². The zero-order chi connectivity index (χ0) is 11.5. The molecule has 0 saturated carbocycles. The van der Waals surface area contributed by atoms with Crippen LogP contribution in [0.25, 0.3) is 0 Å². The summed E-state index contributed by atoms with van der Waals surface area (Å²) < 4.78 is 5.00. The van der Waals surface area contributed by atoms with Crippen LogP contribution in [0.15, 0.2) is 18.3 Å². The summed E-state index contributed by atoms with van der Waals surface area (Å²) >= 11 is 0. The SMILES string of the molecule is O=C1COCCN1c1ccc(B(O)O)cn1. The molecule has 0 aromatic carbocycles. The Kier molecular flexibility index (Phi) is 3.18. The van der Waals surface area contributed by atoms with E-state index >= 15 is 0 Å². The third-order valence-electron chi connectivity index (χ3n) is 2.33. The summed E-state index contributed by atoms with van der Waals surface area (Å²) in [6, 6.07) is 3.10. The first kappa shape index (κ1) is 11.1. The zero-order valence-electron chi connectivity index (χ0n) is 8.54. The van der Waals surface area contributed by atoms with Gasteiger partial charge in [-0.15, -0.1) is 0 Å². The van der Waals surface area contributed by atoms with E-state index < -0.39 is 7.12 Å². The number of carbonyl (C=O) groups is 1. The maximum Gasteiger partial charge on any atom is 0.490 e. The van der Waals surface area contributed by atoms with E-state index in [0.29, 0.717) is 24.4 Å². The molecular formula is C9H11BN2O4. The van der Waals surface area contributed by atoms with Gasteiger partial charge in [-0.05, 0) is 6.07 Å². The number of rotatable bonds is 2. The molecule has 0 radical (unpaired) electrons. The van der Waals surface area contributed by atoms with Crippen molar-refractivity contribution in [3.63, 3.8) is 0 Å². The Morgan fingerprint density at radius 1 is 1.44 bits per heavy atom. The molecule has 1 amide bonds. The number of carbonyl (C=O) groups excluding carboxylic acids is 1. The van der Waals surface area contributed by atoms with E-state index in [1.807, 2.05) is 0 Å². The van der Waals surface area contributed by atoms with Gasteiger partial charge in [0.25, 0.3) is 5.91 Å². The molecule has 1 aromatic heterocycles. The minimum absolute atomic E-state index is 0.0616. The highest BCUT2D eigenvalue weighted by Gasteiger charge is 2.21. The second-order valence-corrected chi connectivity index (χ2v) is 3.42. The van der Waals surface area contributed by atoms with Gasteiger partial charge in [-0.25, -0.2) is 4.98 Å². The summed E-state index contributed by atoms with van der Waals surface area (Å²) in [5.74, 6) is 0.355. The number of anilines is 1. The predicted octanol–water partition coefficient (Wildman–Crippen LogP) is -1.88. The Labute approximate surface area is 92.6 Å². The lowest BCUT2D eigenvalue weighted by molar-refractivity contribution is -0.125. The highest BCUT2D eigenvalue weighted by atomic mass is 16.5. The fraction of sp³-hybridized carbons (Fsp3) is 0.333. The van der Waals surface area contributed by atoms with E-state index in [1.165, 1.54) is 17.2 Å². The van der Waals surface area contributed by atoms with E-state index in [0.717, 1.165) is 0 Å². The molecule has 0 unspecified atom stereocenters. The lowest BCUT2D eigenvalue weighted by Crippen LogP contribution is -2.42. The van der Waals surface area contributed by atoms with Crippen LogP contribution in [0.3, 0.4) is 0 Å². The van der Waals surface area contributed by atoms with Gasteiger partial charge in [0.05, 0.1) is 13.2 Å². The van der Waals surface area contributed by atoms with Crippen molar-refractivity contribution in [2.75, 3.05) is 24.7 Å². The lowest BCUT2D eigenvalue weighted by Gasteiger charge is -2.25. The van der Waals surface area contributed by atoms with Gasteiger partial charge in [0.1, 0.15) is 12.4 Å². The smallest absolute Gasteiger partial charge is 0.423 e. The molecule has 1 aromatic rings. The minimum atomic E-state index is -1.54. The molecule has 0 bridgehead atoms. The molecule has 84 valence electrons. The standard InChI is InChI=1S/C9H11BN2O4/c13-9-6-16-4-3-12(9)8-2-1-7(5-11-8)10(14)15/h1-2,5,14-15H,3-4,6H2. The number of pyridine rings is 1. The van der Waals surface area contributed by atoms with Crippen LogP contribution >= 0.6 is 0 Å². The lowest BCUT2D eigenvalue weighted by atomic mass is 9.82. The molecular weight excluding hydrogens is 211 g/mol. The molecule has 2 N–H and O–H groups in total. The molecule has 6 nitrogen and oxygen atoms in total. The number of aromatic nitrogens is 1. The maximum absolute atomic E-state index is 11.5. The molecule has 16 heavy (non-hydrogen) atoms. The third-order valence-corrected chi connectivity index (χ3v) is 2.33. The van der Waals surface area contributed by atoms with E-state index in [1.54, 1.807) is 6.07 Å². The van der Waals surface area contributed by atoms with Crippen LogP contribution in [-0.2, 0) is 9.53 Å². The average Bonchev–Trinajstić information content (AvgIpc) is 2.30. The summed E-state index contributed by atoms with van der Waals surface area (Å²) in [4.78, 5) is 17.0. The summed E-state index contributed by atoms with van der Waals surface area (Å²) in [6.45, 7) is 1.01. The van der Waals surface area contributed by atoms with Crippen LogP contribution in [0, 0.1) is 0 Å². The highest BCUT2D eigenvalue weighted by molar-refractivity contribution is 6.58. The normalized spacial score (nSPS) is 16.4. The predicted molar refractivity (Wildman–Crippen MR) is 57.2 cm³/mol. The Morgan fingerprint density at radius 3 is 2.81 bits per heavy atom. The Hall–Kier alpha value is -1.44. The number of ether oxygens (including phenoxy) is 1. The zero-order valence-corrected chi connectivity index (χ0v) is 8.54. The number of morpholine rings is 1. The molecule has 1 saturated heterocycles. The molecule has 0 aliphatic carbocycles. The molecule has 2 heterocycles. The number of hydrogen-bond acceptors (Lipinski definition) is 5. The summed E-state index contributed by atoms with van der Waals surface area (Å²) in [7, 11) is -1.54. The van der Waals surface area contributed by atoms with Crippen LogP contribution in [-0.4, -0.2) is 47.8 Å². The monoisotopic (exact) mass is 222 g/mol. The first-order chi connectivity index (χ1) is 7.68. The van der Waals surface area contributed by atoms with Gasteiger partial charge in [0, 0.05) is 11.7 Å². The molecule has 7 heteroatoms. The number of nitrogens with zero attached hydrogens (tertiary/aromatic N) is 2. The largest absolute Gasteiger partial charge is 0.490 e. The van der Waals surface area contributed by atoms with Crippen LogP contribution in [0.4, 0.5) is 5.82 Å². The van der Waals surface area contributed by atoms with Gasteiger partial charge < -0.3 is 14.8 Å².